The van der Waals surface area contributed by atoms with Crippen LogP contribution in [-0.2, 0) is 22.7 Å². The zero-order chi connectivity index (χ0) is 22.5. The molecule has 1 atom stereocenters. The minimum atomic E-state index is -0.451. The number of amides is 1. The summed E-state index contributed by atoms with van der Waals surface area (Å²) in [4.78, 5) is 27.2. The summed E-state index contributed by atoms with van der Waals surface area (Å²) < 4.78 is 0. The number of nitrogens with one attached hydrogen (secondary N) is 1. The lowest BCUT2D eigenvalue weighted by molar-refractivity contribution is -0.118. The molecule has 0 radical (unpaired) electrons. The summed E-state index contributed by atoms with van der Waals surface area (Å²) in [5.41, 5.74) is 3.41. The Labute approximate surface area is 188 Å². The second-order valence-electron chi connectivity index (χ2n) is 8.56. The third-order valence-corrected chi connectivity index (χ3v) is 6.10. The van der Waals surface area contributed by atoms with Gasteiger partial charge in [0, 0.05) is 32.6 Å². The number of hydrogen-bond acceptors (Lipinski definition) is 6. The van der Waals surface area contributed by atoms with Gasteiger partial charge in [-0.15, -0.1) is 0 Å². The molecule has 7 nitrogen and oxygen atoms in total. The van der Waals surface area contributed by atoms with Crippen molar-refractivity contribution >= 4 is 23.1 Å². The van der Waals surface area contributed by atoms with Crippen molar-refractivity contribution in [2.75, 3.05) is 18.1 Å². The highest BCUT2D eigenvalue weighted by atomic mass is 16.3. The first-order valence-electron chi connectivity index (χ1n) is 11.2. The van der Waals surface area contributed by atoms with Crippen molar-refractivity contribution in [1.82, 2.24) is 10.2 Å². The maximum Gasteiger partial charge on any atom is 0.267 e. The first kappa shape index (κ1) is 22.2. The SMILES string of the molecule is CC(=O)C1CC(C(=O)NCc2ccc(CN3CCC(O)CC3)cc2)=NN1c1ccccc1. The Hall–Kier alpha value is -3.03. The number of anilines is 1. The molecule has 0 saturated carbocycles. The molecule has 2 aromatic rings. The van der Waals surface area contributed by atoms with Gasteiger partial charge in [0.25, 0.3) is 5.91 Å². The molecule has 0 aromatic heterocycles. The number of carbonyl (C=O) groups is 2. The van der Waals surface area contributed by atoms with Gasteiger partial charge in [-0.05, 0) is 43.0 Å². The fourth-order valence-corrected chi connectivity index (χ4v) is 4.17. The van der Waals surface area contributed by atoms with E-state index in [1.807, 2.05) is 42.5 Å². The van der Waals surface area contributed by atoms with Crippen LogP contribution in [0.25, 0.3) is 0 Å². The lowest BCUT2D eigenvalue weighted by Crippen LogP contribution is -2.35. The Bertz CT molecular complexity index is 966. The van der Waals surface area contributed by atoms with Crippen LogP contribution in [0.4, 0.5) is 5.69 Å². The van der Waals surface area contributed by atoms with Gasteiger partial charge >= 0.3 is 0 Å². The van der Waals surface area contributed by atoms with E-state index in [1.165, 1.54) is 12.5 Å². The van der Waals surface area contributed by atoms with Gasteiger partial charge in [0.15, 0.2) is 5.78 Å². The second kappa shape index (κ2) is 10.1. The van der Waals surface area contributed by atoms with Gasteiger partial charge in [-0.2, -0.15) is 5.10 Å². The number of para-hydroxylation sites is 1. The molecule has 2 aromatic carbocycles. The molecule has 2 N–H and O–H groups in total. The standard InChI is InChI=1S/C25H30N4O3/c1-18(30)24-15-23(27-29(24)21-5-3-2-4-6-21)25(32)26-16-19-7-9-20(10-8-19)17-28-13-11-22(31)12-14-28/h2-10,22,24,31H,11-17H2,1H3,(H,26,32). The third kappa shape index (κ3) is 5.41. The predicted octanol–water partition coefficient (Wildman–Crippen LogP) is 2.48. The molecule has 32 heavy (non-hydrogen) atoms. The molecule has 0 aliphatic carbocycles. The van der Waals surface area contributed by atoms with Crippen LogP contribution >= 0.6 is 0 Å². The molecule has 168 valence electrons. The molecule has 1 amide bonds. The molecule has 1 saturated heterocycles. The first-order chi connectivity index (χ1) is 15.5. The van der Waals surface area contributed by atoms with Crippen molar-refractivity contribution in [3.63, 3.8) is 0 Å². The summed E-state index contributed by atoms with van der Waals surface area (Å²) in [7, 11) is 0. The maximum atomic E-state index is 12.7. The number of piperidine rings is 1. The third-order valence-electron chi connectivity index (χ3n) is 6.10. The minimum absolute atomic E-state index is 0.0146. The fraction of sp³-hybridized carbons (Fsp3) is 0.400. The Balaban J connectivity index is 1.32. The summed E-state index contributed by atoms with van der Waals surface area (Å²) >= 11 is 0. The highest BCUT2D eigenvalue weighted by Gasteiger charge is 2.34. The minimum Gasteiger partial charge on any atom is -0.393 e. The van der Waals surface area contributed by atoms with Crippen LogP contribution in [0.3, 0.4) is 0 Å². The monoisotopic (exact) mass is 434 g/mol. The number of aliphatic hydroxyl groups excluding tert-OH is 1. The largest absolute Gasteiger partial charge is 0.393 e. The van der Waals surface area contributed by atoms with Crippen LogP contribution in [0.2, 0.25) is 0 Å². The van der Waals surface area contributed by atoms with Crippen molar-refractivity contribution in [3.8, 4) is 0 Å². The van der Waals surface area contributed by atoms with Crippen LogP contribution in [0, 0.1) is 0 Å². The highest BCUT2D eigenvalue weighted by Crippen LogP contribution is 2.25. The molecule has 0 bridgehead atoms. The highest BCUT2D eigenvalue weighted by molar-refractivity contribution is 6.40. The van der Waals surface area contributed by atoms with Crippen LogP contribution in [-0.4, -0.2) is 52.6 Å². The zero-order valence-corrected chi connectivity index (χ0v) is 18.4. The number of ketones is 1. The van der Waals surface area contributed by atoms with Crippen LogP contribution in [0.1, 0.15) is 37.3 Å². The maximum absolute atomic E-state index is 12.7. The summed E-state index contributed by atoms with van der Waals surface area (Å²) in [6, 6.07) is 17.2. The predicted molar refractivity (Wildman–Crippen MR) is 124 cm³/mol. The van der Waals surface area contributed by atoms with Gasteiger partial charge in [-0.25, -0.2) is 0 Å². The van der Waals surface area contributed by atoms with Crippen LogP contribution < -0.4 is 10.3 Å². The molecule has 2 aliphatic heterocycles. The van der Waals surface area contributed by atoms with E-state index in [1.54, 1.807) is 5.01 Å². The quantitative estimate of drug-likeness (QED) is 0.699. The van der Waals surface area contributed by atoms with Gasteiger partial charge in [-0.1, -0.05) is 42.5 Å². The van der Waals surface area contributed by atoms with Gasteiger partial charge in [-0.3, -0.25) is 19.5 Å². The summed E-state index contributed by atoms with van der Waals surface area (Å²) in [5.74, 6) is -0.259. The Kier molecular flexibility index (Phi) is 6.97. The van der Waals surface area contributed by atoms with E-state index in [2.05, 4.69) is 27.5 Å². The van der Waals surface area contributed by atoms with Crippen LogP contribution in [0.5, 0.6) is 0 Å². The molecule has 2 heterocycles. The number of carbonyl (C=O) groups excluding carboxylic acids is 2. The number of nitrogens with zero attached hydrogens (tertiary/aromatic N) is 3. The van der Waals surface area contributed by atoms with E-state index in [-0.39, 0.29) is 17.8 Å². The van der Waals surface area contributed by atoms with E-state index in [0.717, 1.165) is 43.7 Å². The molecule has 7 heteroatoms. The van der Waals surface area contributed by atoms with Gasteiger partial charge in [0.1, 0.15) is 11.8 Å². The van der Waals surface area contributed by atoms with E-state index < -0.39 is 6.04 Å². The summed E-state index contributed by atoms with van der Waals surface area (Å²) in [5, 5.41) is 18.7. The number of likely N-dealkylation sites (tertiary alicyclic amines) is 1. The number of rotatable bonds is 7. The van der Waals surface area contributed by atoms with Gasteiger partial charge < -0.3 is 10.4 Å². The molecule has 0 spiro atoms. The average Bonchev–Trinajstić information content (AvgIpc) is 3.27. The molecule has 4 rings (SSSR count). The van der Waals surface area contributed by atoms with Crippen molar-refractivity contribution in [1.29, 1.82) is 0 Å². The first-order valence-corrected chi connectivity index (χ1v) is 11.2. The Morgan fingerprint density at radius 2 is 1.69 bits per heavy atom. The number of hydrogen-bond donors (Lipinski definition) is 2. The Morgan fingerprint density at radius 1 is 1.03 bits per heavy atom. The van der Waals surface area contributed by atoms with Crippen molar-refractivity contribution in [2.24, 2.45) is 5.10 Å². The number of benzene rings is 2. The van der Waals surface area contributed by atoms with E-state index in [9.17, 15) is 14.7 Å². The molecule has 2 aliphatic rings. The summed E-state index contributed by atoms with van der Waals surface area (Å²) in [6.07, 6.45) is 1.81. The van der Waals surface area contributed by atoms with E-state index >= 15 is 0 Å². The van der Waals surface area contributed by atoms with Crippen molar-refractivity contribution < 1.29 is 14.7 Å². The fourth-order valence-electron chi connectivity index (χ4n) is 4.17. The topological polar surface area (TPSA) is 85.2 Å². The average molecular weight is 435 g/mol. The van der Waals surface area contributed by atoms with Crippen LogP contribution in [0.15, 0.2) is 59.7 Å². The molecule has 1 unspecified atom stereocenters. The smallest absolute Gasteiger partial charge is 0.267 e. The molecular formula is C25H30N4O3. The lowest BCUT2D eigenvalue weighted by Gasteiger charge is -2.29. The lowest BCUT2D eigenvalue weighted by atomic mass is 10.1. The van der Waals surface area contributed by atoms with Crippen molar-refractivity contribution in [3.05, 3.63) is 65.7 Å². The van der Waals surface area contributed by atoms with Gasteiger partial charge in [0.2, 0.25) is 0 Å². The molecular weight excluding hydrogens is 404 g/mol. The number of Topliss-reactive ketones (excluding diaryl/α,β-unsaturated/α-hetero) is 1. The van der Waals surface area contributed by atoms with E-state index in [0.29, 0.717) is 18.7 Å². The van der Waals surface area contributed by atoms with Crippen molar-refractivity contribution in [2.45, 2.75) is 51.4 Å². The normalized spacial score (nSPS) is 19.6. The summed E-state index contributed by atoms with van der Waals surface area (Å²) in [6.45, 7) is 4.65. The number of hydrazone groups is 1. The molecule has 1 fully saturated rings. The van der Waals surface area contributed by atoms with Gasteiger partial charge in [0.05, 0.1) is 11.8 Å². The number of aliphatic hydroxyl groups is 1. The second-order valence-corrected chi connectivity index (χ2v) is 8.56. The Morgan fingerprint density at radius 3 is 2.34 bits per heavy atom. The zero-order valence-electron chi connectivity index (χ0n) is 18.4. The van der Waals surface area contributed by atoms with E-state index in [4.69, 9.17) is 0 Å².